The second kappa shape index (κ2) is 4.55. The number of carbonyl (C=O) groups is 1. The number of nitrogens with one attached hydrogen (secondary N) is 1. The van der Waals surface area contributed by atoms with Gasteiger partial charge in [-0.1, -0.05) is 12.1 Å². The summed E-state index contributed by atoms with van der Waals surface area (Å²) in [6, 6.07) is 9.47. The van der Waals surface area contributed by atoms with Gasteiger partial charge >= 0.3 is 0 Å². The van der Waals surface area contributed by atoms with Crippen LogP contribution in [0.5, 0.6) is 0 Å². The number of nitrogens with zero attached hydrogens (tertiary/aromatic N) is 1. The lowest BCUT2D eigenvalue weighted by molar-refractivity contribution is -0.124. The molecule has 0 saturated carbocycles. The highest BCUT2D eigenvalue weighted by Crippen LogP contribution is 2.14. The van der Waals surface area contributed by atoms with Gasteiger partial charge in [0.2, 0.25) is 0 Å². The first-order valence-corrected chi connectivity index (χ1v) is 4.76. The third-order valence-corrected chi connectivity index (χ3v) is 2.16. The Morgan fingerprint density at radius 2 is 2.25 bits per heavy atom. The molecule has 0 fully saturated rings. The summed E-state index contributed by atoms with van der Waals surface area (Å²) in [5.74, 6) is -0.550. The van der Waals surface area contributed by atoms with Crippen LogP contribution in [0, 0.1) is 0 Å². The Morgan fingerprint density at radius 1 is 1.38 bits per heavy atom. The van der Waals surface area contributed by atoms with Crippen molar-refractivity contribution in [2.75, 3.05) is 0 Å². The van der Waals surface area contributed by atoms with E-state index in [1.807, 2.05) is 30.3 Å². The Balaban J connectivity index is 2.33. The minimum absolute atomic E-state index is 0.550. The van der Waals surface area contributed by atoms with Gasteiger partial charge in [-0.05, 0) is 29.8 Å². The number of amides is 1. The molecule has 0 atom stereocenters. The molecule has 2 N–H and O–H groups in total. The summed E-state index contributed by atoms with van der Waals surface area (Å²) >= 11 is 0. The third kappa shape index (κ3) is 2.24. The zero-order valence-corrected chi connectivity index (χ0v) is 8.42. The van der Waals surface area contributed by atoms with Crippen LogP contribution in [0.3, 0.4) is 0 Å². The van der Waals surface area contributed by atoms with Crippen molar-refractivity contribution in [3.63, 3.8) is 0 Å². The number of benzene rings is 1. The van der Waals surface area contributed by atoms with E-state index in [4.69, 9.17) is 5.21 Å². The summed E-state index contributed by atoms with van der Waals surface area (Å²) in [7, 11) is 0. The molecule has 0 bridgehead atoms. The van der Waals surface area contributed by atoms with Crippen LogP contribution in [-0.2, 0) is 4.79 Å². The topological polar surface area (TPSA) is 62.2 Å². The third-order valence-electron chi connectivity index (χ3n) is 2.16. The Morgan fingerprint density at radius 3 is 3.06 bits per heavy atom. The molecule has 4 heteroatoms. The molecule has 4 nitrogen and oxygen atoms in total. The molecule has 0 spiro atoms. The van der Waals surface area contributed by atoms with E-state index in [-0.39, 0.29) is 0 Å². The van der Waals surface area contributed by atoms with Gasteiger partial charge in [-0.3, -0.25) is 15.0 Å². The molecule has 16 heavy (non-hydrogen) atoms. The second-order valence-corrected chi connectivity index (χ2v) is 3.26. The van der Waals surface area contributed by atoms with Crippen LogP contribution in [0.15, 0.2) is 42.6 Å². The van der Waals surface area contributed by atoms with Gasteiger partial charge in [0.25, 0.3) is 5.91 Å². The summed E-state index contributed by atoms with van der Waals surface area (Å²) in [5, 5.41) is 9.33. The minimum Gasteiger partial charge on any atom is -0.288 e. The molecule has 0 saturated heterocycles. The average Bonchev–Trinajstić information content (AvgIpc) is 2.35. The Bertz CT molecular complexity index is 549. The Kier molecular flexibility index (Phi) is 2.93. The fraction of sp³-hybridized carbons (Fsp3) is 0. The van der Waals surface area contributed by atoms with Crippen molar-refractivity contribution in [2.45, 2.75) is 0 Å². The number of carbonyl (C=O) groups excluding carboxylic acids is 1. The molecular weight excluding hydrogens is 204 g/mol. The predicted octanol–water partition coefficient (Wildman–Crippen LogP) is 1.75. The standard InChI is InChI=1S/C12H10N2O2/c15-12(14-16)6-4-9-3-5-11-10(8-9)2-1-7-13-11/h1-8,16H,(H,14,15)/b6-4+. The van der Waals surface area contributed by atoms with Crippen molar-refractivity contribution in [3.05, 3.63) is 48.2 Å². The summed E-state index contributed by atoms with van der Waals surface area (Å²) in [5.41, 5.74) is 3.32. The summed E-state index contributed by atoms with van der Waals surface area (Å²) in [6.07, 6.45) is 4.62. The van der Waals surface area contributed by atoms with Crippen LogP contribution in [-0.4, -0.2) is 16.1 Å². The molecule has 0 aliphatic carbocycles. The number of hydrogen-bond acceptors (Lipinski definition) is 3. The van der Waals surface area contributed by atoms with Gasteiger partial charge in [-0.15, -0.1) is 0 Å². The molecule has 1 heterocycles. The van der Waals surface area contributed by atoms with Gasteiger partial charge in [-0.2, -0.15) is 0 Å². The molecule has 1 aromatic carbocycles. The van der Waals surface area contributed by atoms with Gasteiger partial charge < -0.3 is 0 Å². The van der Waals surface area contributed by atoms with Gasteiger partial charge in [0.15, 0.2) is 0 Å². The Hall–Kier alpha value is -2.20. The van der Waals surface area contributed by atoms with Crippen molar-refractivity contribution in [1.82, 2.24) is 10.5 Å². The monoisotopic (exact) mass is 214 g/mol. The smallest absolute Gasteiger partial charge is 0.267 e. The largest absolute Gasteiger partial charge is 0.288 e. The molecule has 1 aromatic heterocycles. The molecule has 80 valence electrons. The number of fused-ring (bicyclic) bond motifs is 1. The van der Waals surface area contributed by atoms with Gasteiger partial charge in [0.05, 0.1) is 5.52 Å². The number of rotatable bonds is 2. The van der Waals surface area contributed by atoms with E-state index in [0.29, 0.717) is 0 Å². The van der Waals surface area contributed by atoms with Crippen LogP contribution in [0.2, 0.25) is 0 Å². The zero-order chi connectivity index (χ0) is 11.4. The maximum Gasteiger partial charge on any atom is 0.267 e. The van der Waals surface area contributed by atoms with Gasteiger partial charge in [-0.25, -0.2) is 5.48 Å². The first kappa shape index (κ1) is 10.3. The quantitative estimate of drug-likeness (QED) is 0.455. The minimum atomic E-state index is -0.550. The molecular formula is C12H10N2O2. The average molecular weight is 214 g/mol. The molecule has 2 rings (SSSR count). The maximum atomic E-state index is 10.8. The first-order valence-electron chi connectivity index (χ1n) is 4.76. The predicted molar refractivity (Wildman–Crippen MR) is 60.7 cm³/mol. The van der Waals surface area contributed by atoms with E-state index >= 15 is 0 Å². The highest BCUT2D eigenvalue weighted by molar-refractivity contribution is 5.91. The van der Waals surface area contributed by atoms with Crippen LogP contribution >= 0.6 is 0 Å². The van der Waals surface area contributed by atoms with E-state index in [1.165, 1.54) is 11.6 Å². The van der Waals surface area contributed by atoms with Crippen LogP contribution in [0.1, 0.15) is 5.56 Å². The van der Waals surface area contributed by atoms with E-state index in [9.17, 15) is 4.79 Å². The molecule has 0 unspecified atom stereocenters. The molecule has 0 radical (unpaired) electrons. The van der Waals surface area contributed by atoms with Gasteiger partial charge in [0.1, 0.15) is 0 Å². The number of hydrogen-bond donors (Lipinski definition) is 2. The van der Waals surface area contributed by atoms with Gasteiger partial charge in [0, 0.05) is 17.7 Å². The molecule has 0 aliphatic rings. The SMILES string of the molecule is O=C(/C=C/c1ccc2ncccc2c1)NO. The maximum absolute atomic E-state index is 10.8. The summed E-state index contributed by atoms with van der Waals surface area (Å²) < 4.78 is 0. The van der Waals surface area contributed by atoms with Crippen LogP contribution < -0.4 is 5.48 Å². The highest BCUT2D eigenvalue weighted by Gasteiger charge is 1.95. The highest BCUT2D eigenvalue weighted by atomic mass is 16.5. The molecule has 2 aromatic rings. The lowest BCUT2D eigenvalue weighted by Crippen LogP contribution is -2.14. The lowest BCUT2D eigenvalue weighted by Gasteiger charge is -1.98. The van der Waals surface area contributed by atoms with Crippen molar-refractivity contribution in [3.8, 4) is 0 Å². The Labute approximate surface area is 92.2 Å². The number of aromatic nitrogens is 1. The summed E-state index contributed by atoms with van der Waals surface area (Å²) in [6.45, 7) is 0. The second-order valence-electron chi connectivity index (χ2n) is 3.26. The number of hydroxylamine groups is 1. The van der Waals surface area contributed by atoms with E-state index in [0.717, 1.165) is 16.5 Å². The lowest BCUT2D eigenvalue weighted by atomic mass is 10.1. The molecule has 1 amide bonds. The van der Waals surface area contributed by atoms with Crippen molar-refractivity contribution in [2.24, 2.45) is 0 Å². The van der Waals surface area contributed by atoms with Crippen molar-refractivity contribution in [1.29, 1.82) is 0 Å². The number of pyridine rings is 1. The van der Waals surface area contributed by atoms with Crippen molar-refractivity contribution < 1.29 is 10.0 Å². The van der Waals surface area contributed by atoms with E-state index in [2.05, 4.69) is 4.98 Å². The fourth-order valence-corrected chi connectivity index (χ4v) is 1.41. The normalized spacial score (nSPS) is 10.8. The van der Waals surface area contributed by atoms with Crippen LogP contribution in [0.25, 0.3) is 17.0 Å². The zero-order valence-electron chi connectivity index (χ0n) is 8.42. The van der Waals surface area contributed by atoms with E-state index in [1.54, 1.807) is 12.3 Å². The fourth-order valence-electron chi connectivity index (χ4n) is 1.41. The summed E-state index contributed by atoms with van der Waals surface area (Å²) in [4.78, 5) is 15.0. The van der Waals surface area contributed by atoms with E-state index < -0.39 is 5.91 Å². The first-order chi connectivity index (χ1) is 7.79. The molecule has 0 aliphatic heterocycles. The van der Waals surface area contributed by atoms with Crippen molar-refractivity contribution >= 4 is 22.9 Å². The van der Waals surface area contributed by atoms with Crippen LogP contribution in [0.4, 0.5) is 0 Å².